The first kappa shape index (κ1) is 23.0. The zero-order valence-electron chi connectivity index (χ0n) is 18.1. The standard InChI is InChI=1S/C23H25N3O6/c1-23(2,3)32-22(29)26-12-16(25-14-26)11-18(24)21(28)31-20(27)13-30-19-10-6-8-15-7-4-5-9-17(15)19/h4-10,12,14,18H,11,13,24H2,1-3H3/t18-/m0/s1. The maximum atomic E-state index is 12.2. The third-order valence-corrected chi connectivity index (χ3v) is 4.28. The summed E-state index contributed by atoms with van der Waals surface area (Å²) >= 11 is 0. The molecule has 1 atom stereocenters. The molecule has 2 N–H and O–H groups in total. The monoisotopic (exact) mass is 439 g/mol. The highest BCUT2D eigenvalue weighted by Gasteiger charge is 2.22. The maximum absolute atomic E-state index is 12.2. The lowest BCUT2D eigenvalue weighted by Gasteiger charge is -2.19. The van der Waals surface area contributed by atoms with Crippen molar-refractivity contribution in [1.82, 2.24) is 9.55 Å². The van der Waals surface area contributed by atoms with E-state index in [-0.39, 0.29) is 6.42 Å². The number of ether oxygens (including phenoxy) is 3. The van der Waals surface area contributed by atoms with E-state index < -0.39 is 36.3 Å². The number of carbonyl (C=O) groups excluding carboxylic acids is 3. The van der Waals surface area contributed by atoms with Crippen LogP contribution in [0.1, 0.15) is 26.5 Å². The molecular formula is C23H25N3O6. The van der Waals surface area contributed by atoms with Crippen molar-refractivity contribution in [3.8, 4) is 5.75 Å². The Hall–Kier alpha value is -3.72. The van der Waals surface area contributed by atoms with Gasteiger partial charge >= 0.3 is 18.0 Å². The highest BCUT2D eigenvalue weighted by Crippen LogP contribution is 2.25. The molecule has 1 heterocycles. The SMILES string of the molecule is CC(C)(C)OC(=O)n1cnc(C[C@H](N)C(=O)OC(=O)COc2cccc3ccccc23)c1. The third kappa shape index (κ3) is 6.14. The molecule has 3 aromatic rings. The van der Waals surface area contributed by atoms with Crippen molar-refractivity contribution in [2.75, 3.05) is 6.61 Å². The van der Waals surface area contributed by atoms with Gasteiger partial charge < -0.3 is 19.9 Å². The van der Waals surface area contributed by atoms with Crippen LogP contribution >= 0.6 is 0 Å². The van der Waals surface area contributed by atoms with Crippen LogP contribution in [0.2, 0.25) is 0 Å². The van der Waals surface area contributed by atoms with Gasteiger partial charge in [0, 0.05) is 18.0 Å². The molecule has 0 bridgehead atoms. The summed E-state index contributed by atoms with van der Waals surface area (Å²) in [6.45, 7) is 4.79. The Balaban J connectivity index is 1.51. The van der Waals surface area contributed by atoms with Crippen LogP contribution in [0.25, 0.3) is 10.8 Å². The summed E-state index contributed by atoms with van der Waals surface area (Å²) in [7, 11) is 0. The zero-order chi connectivity index (χ0) is 23.3. The van der Waals surface area contributed by atoms with E-state index in [0.717, 1.165) is 15.3 Å². The van der Waals surface area contributed by atoms with E-state index in [2.05, 4.69) is 4.98 Å². The fraction of sp³-hybridized carbons (Fsp3) is 0.304. The molecule has 0 amide bonds. The fourth-order valence-corrected chi connectivity index (χ4v) is 2.87. The van der Waals surface area contributed by atoms with Crippen LogP contribution in [0, 0.1) is 0 Å². The van der Waals surface area contributed by atoms with Crippen molar-refractivity contribution in [3.05, 3.63) is 60.7 Å². The zero-order valence-corrected chi connectivity index (χ0v) is 18.1. The van der Waals surface area contributed by atoms with E-state index >= 15 is 0 Å². The van der Waals surface area contributed by atoms with Crippen molar-refractivity contribution >= 4 is 28.8 Å². The summed E-state index contributed by atoms with van der Waals surface area (Å²) in [5.74, 6) is -1.27. The number of benzene rings is 2. The van der Waals surface area contributed by atoms with Crippen molar-refractivity contribution in [1.29, 1.82) is 0 Å². The van der Waals surface area contributed by atoms with Gasteiger partial charge in [-0.3, -0.25) is 0 Å². The molecule has 0 aliphatic rings. The topological polar surface area (TPSA) is 123 Å². The Morgan fingerprint density at radius 3 is 2.56 bits per heavy atom. The number of aromatic nitrogens is 2. The van der Waals surface area contributed by atoms with E-state index in [9.17, 15) is 14.4 Å². The minimum Gasteiger partial charge on any atom is -0.481 e. The Morgan fingerprint density at radius 1 is 1.09 bits per heavy atom. The molecule has 0 saturated heterocycles. The van der Waals surface area contributed by atoms with Crippen molar-refractivity contribution in [3.63, 3.8) is 0 Å². The van der Waals surface area contributed by atoms with Gasteiger partial charge in [0.15, 0.2) is 6.61 Å². The largest absolute Gasteiger partial charge is 0.481 e. The highest BCUT2D eigenvalue weighted by molar-refractivity contribution is 5.90. The first-order chi connectivity index (χ1) is 15.1. The smallest absolute Gasteiger partial charge is 0.419 e. The van der Waals surface area contributed by atoms with Crippen molar-refractivity contribution in [2.45, 2.75) is 38.8 Å². The average Bonchev–Trinajstić information content (AvgIpc) is 3.19. The van der Waals surface area contributed by atoms with Gasteiger partial charge in [-0.15, -0.1) is 0 Å². The second-order valence-corrected chi connectivity index (χ2v) is 8.12. The van der Waals surface area contributed by atoms with Crippen LogP contribution in [0.3, 0.4) is 0 Å². The second-order valence-electron chi connectivity index (χ2n) is 8.12. The van der Waals surface area contributed by atoms with Gasteiger partial charge in [0.2, 0.25) is 0 Å². The number of imidazole rings is 1. The van der Waals surface area contributed by atoms with Gasteiger partial charge in [0.05, 0.1) is 5.69 Å². The van der Waals surface area contributed by atoms with Gasteiger partial charge in [-0.05, 0) is 32.2 Å². The molecule has 9 nitrogen and oxygen atoms in total. The van der Waals surface area contributed by atoms with Crippen LogP contribution < -0.4 is 10.5 Å². The fourth-order valence-electron chi connectivity index (χ4n) is 2.87. The molecule has 0 spiro atoms. The molecule has 0 saturated carbocycles. The highest BCUT2D eigenvalue weighted by atomic mass is 16.6. The number of fused-ring (bicyclic) bond motifs is 1. The van der Waals surface area contributed by atoms with Gasteiger partial charge in [-0.1, -0.05) is 36.4 Å². The van der Waals surface area contributed by atoms with Crippen molar-refractivity contribution < 1.29 is 28.6 Å². The van der Waals surface area contributed by atoms with E-state index in [1.165, 1.54) is 12.5 Å². The lowest BCUT2D eigenvalue weighted by Crippen LogP contribution is -2.36. The first-order valence-electron chi connectivity index (χ1n) is 9.99. The minimum atomic E-state index is -1.14. The van der Waals surface area contributed by atoms with Crippen LogP contribution in [0.4, 0.5) is 4.79 Å². The van der Waals surface area contributed by atoms with Crippen LogP contribution in [0.15, 0.2) is 55.0 Å². The average molecular weight is 439 g/mol. The van der Waals surface area contributed by atoms with Gasteiger partial charge in [0.25, 0.3) is 0 Å². The van der Waals surface area contributed by atoms with E-state index in [0.29, 0.717) is 11.4 Å². The molecule has 0 aliphatic carbocycles. The van der Waals surface area contributed by atoms with Crippen LogP contribution in [-0.2, 0) is 25.5 Å². The number of nitrogens with zero attached hydrogens (tertiary/aromatic N) is 2. The molecule has 2 aromatic carbocycles. The van der Waals surface area contributed by atoms with Gasteiger partial charge in [-0.25, -0.2) is 23.9 Å². The Bertz CT molecular complexity index is 1130. The Kier molecular flexibility index (Phi) is 6.89. The predicted molar refractivity (Wildman–Crippen MR) is 116 cm³/mol. The van der Waals surface area contributed by atoms with E-state index in [1.54, 1.807) is 32.9 Å². The van der Waals surface area contributed by atoms with Crippen LogP contribution in [0.5, 0.6) is 5.75 Å². The molecule has 1 aromatic heterocycles. The van der Waals surface area contributed by atoms with Gasteiger partial charge in [-0.2, -0.15) is 0 Å². The number of esters is 2. The number of hydrogen-bond acceptors (Lipinski definition) is 8. The number of rotatable bonds is 6. The Labute approximate surface area is 185 Å². The molecule has 0 radical (unpaired) electrons. The lowest BCUT2D eigenvalue weighted by atomic mass is 10.1. The van der Waals surface area contributed by atoms with Crippen molar-refractivity contribution in [2.24, 2.45) is 5.73 Å². The minimum absolute atomic E-state index is 0.0217. The summed E-state index contributed by atoms with van der Waals surface area (Å²) < 4.78 is 16.7. The number of carbonyl (C=O) groups is 3. The first-order valence-corrected chi connectivity index (χ1v) is 9.99. The maximum Gasteiger partial charge on any atom is 0.419 e. The van der Waals surface area contributed by atoms with Gasteiger partial charge in [0.1, 0.15) is 23.7 Å². The van der Waals surface area contributed by atoms with E-state index in [1.807, 2.05) is 30.3 Å². The molecule has 9 heteroatoms. The lowest BCUT2D eigenvalue weighted by molar-refractivity contribution is -0.162. The summed E-state index contributed by atoms with van der Waals surface area (Å²) in [5, 5.41) is 1.80. The molecular weight excluding hydrogens is 414 g/mol. The van der Waals surface area contributed by atoms with Crippen LogP contribution in [-0.4, -0.2) is 45.8 Å². The number of nitrogens with two attached hydrogens (primary N) is 1. The number of hydrogen-bond donors (Lipinski definition) is 1. The molecule has 0 aliphatic heterocycles. The summed E-state index contributed by atoms with van der Waals surface area (Å²) in [6, 6.07) is 11.9. The summed E-state index contributed by atoms with van der Waals surface area (Å²) in [5.41, 5.74) is 5.55. The third-order valence-electron chi connectivity index (χ3n) is 4.28. The predicted octanol–water partition coefficient (Wildman–Crippen LogP) is 2.84. The Morgan fingerprint density at radius 2 is 1.81 bits per heavy atom. The quantitative estimate of drug-likeness (QED) is 0.459. The normalized spacial score (nSPS) is 12.2. The molecule has 32 heavy (non-hydrogen) atoms. The molecule has 0 fully saturated rings. The summed E-state index contributed by atoms with van der Waals surface area (Å²) in [6.07, 6.45) is 2.05. The summed E-state index contributed by atoms with van der Waals surface area (Å²) in [4.78, 5) is 40.3. The second kappa shape index (κ2) is 9.61. The molecule has 0 unspecified atom stereocenters. The molecule has 168 valence electrons. The molecule has 3 rings (SSSR count). The van der Waals surface area contributed by atoms with E-state index in [4.69, 9.17) is 19.9 Å².